The van der Waals surface area contributed by atoms with Crippen LogP contribution in [0.15, 0.2) is 54.6 Å². The van der Waals surface area contributed by atoms with Crippen molar-refractivity contribution in [3.8, 4) is 11.5 Å². The third kappa shape index (κ3) is 7.43. The number of unbranched alkanes of at least 4 members (excludes halogenated alkanes) is 4. The number of carbonyl (C=O) groups excluding carboxylic acids is 2. The molecular weight excluding hydrogens is 613 g/mol. The Labute approximate surface area is 255 Å². The number of ether oxygens (including phenoxy) is 2. The van der Waals surface area contributed by atoms with Gasteiger partial charge in [0, 0.05) is 6.07 Å². The molecule has 0 aliphatic rings. The van der Waals surface area contributed by atoms with Gasteiger partial charge in [-0.3, -0.25) is 9.59 Å². The molecule has 3 rings (SSSR count). The predicted molar refractivity (Wildman–Crippen MR) is 165 cm³/mol. The Balaban J connectivity index is 2.23. The van der Waals surface area contributed by atoms with Crippen LogP contribution in [0.25, 0.3) is 0 Å². The first kappa shape index (κ1) is 32.5. The van der Waals surface area contributed by atoms with Crippen LogP contribution in [-0.2, 0) is 4.57 Å². The van der Waals surface area contributed by atoms with Crippen LogP contribution >= 0.6 is 53.5 Å². The monoisotopic (exact) mass is 642 g/mol. The lowest BCUT2D eigenvalue weighted by atomic mass is 10.2. The highest BCUT2D eigenvalue weighted by atomic mass is 35.5. The van der Waals surface area contributed by atoms with Crippen LogP contribution in [-0.4, -0.2) is 24.3 Å². The maximum atomic E-state index is 15.1. The van der Waals surface area contributed by atoms with E-state index in [1.807, 2.05) is 0 Å². The minimum Gasteiger partial charge on any atom is -0.493 e. The van der Waals surface area contributed by atoms with Crippen molar-refractivity contribution < 1.29 is 23.6 Å². The second-order valence-corrected chi connectivity index (χ2v) is 13.3. The molecule has 0 fully saturated rings. The van der Waals surface area contributed by atoms with Crippen LogP contribution in [0.3, 0.4) is 0 Å². The van der Waals surface area contributed by atoms with E-state index in [-0.39, 0.29) is 48.9 Å². The van der Waals surface area contributed by atoms with Crippen molar-refractivity contribution >= 4 is 69.9 Å². The number of halogens is 4. The first-order chi connectivity index (χ1) is 19.2. The fraction of sp³-hybridized carbons (Fsp3) is 0.333. The predicted octanol–water partition coefficient (Wildman–Crippen LogP) is 10.1. The number of rotatable bonds is 15. The van der Waals surface area contributed by atoms with Gasteiger partial charge in [-0.15, -0.1) is 0 Å². The first-order valence-corrected chi connectivity index (χ1v) is 16.4. The minimum atomic E-state index is -4.75. The third-order valence-electron chi connectivity index (χ3n) is 6.22. The lowest BCUT2D eigenvalue weighted by molar-refractivity contribution is 0.104. The zero-order valence-electron chi connectivity index (χ0n) is 22.4. The van der Waals surface area contributed by atoms with Crippen LogP contribution in [0.5, 0.6) is 11.5 Å². The average Bonchev–Trinajstić information content (AvgIpc) is 2.93. The Kier molecular flexibility index (Phi) is 12.4. The SMILES string of the molecule is CCCCCOc1ccc(P(=O)(C(=O)c2c(Cl)cccc2Cl)C(=O)c2c(Cl)cccc2Cl)c(OCCCCC)c1. The summed E-state index contributed by atoms with van der Waals surface area (Å²) in [6.07, 6.45) is 5.49. The van der Waals surface area contributed by atoms with Crippen LogP contribution in [0.4, 0.5) is 0 Å². The molecule has 3 aromatic carbocycles. The van der Waals surface area contributed by atoms with E-state index in [0.717, 1.165) is 38.5 Å². The summed E-state index contributed by atoms with van der Waals surface area (Å²) in [5.74, 6) is 0.559. The van der Waals surface area contributed by atoms with E-state index in [0.29, 0.717) is 12.4 Å². The molecule has 3 aromatic rings. The summed E-state index contributed by atoms with van der Waals surface area (Å²) in [5.41, 5.74) is -2.55. The molecule has 0 saturated heterocycles. The lowest BCUT2D eigenvalue weighted by Gasteiger charge is -2.22. The van der Waals surface area contributed by atoms with Gasteiger partial charge in [0.15, 0.2) is 0 Å². The number of hydrogen-bond acceptors (Lipinski definition) is 5. The molecule has 5 nitrogen and oxygen atoms in total. The molecule has 0 aliphatic carbocycles. The normalized spacial score (nSPS) is 11.3. The molecule has 10 heteroatoms. The first-order valence-electron chi connectivity index (χ1n) is 13.1. The Morgan fingerprint density at radius 2 is 1.12 bits per heavy atom. The van der Waals surface area contributed by atoms with Crippen LogP contribution < -0.4 is 14.8 Å². The fourth-order valence-corrected chi connectivity index (χ4v) is 7.93. The largest absolute Gasteiger partial charge is 0.493 e. The smallest absolute Gasteiger partial charge is 0.252 e. The van der Waals surface area contributed by atoms with E-state index < -0.39 is 18.2 Å². The molecule has 0 saturated carbocycles. The summed E-state index contributed by atoms with van der Waals surface area (Å²) >= 11 is 25.4. The molecule has 0 radical (unpaired) electrons. The maximum absolute atomic E-state index is 15.1. The van der Waals surface area contributed by atoms with Gasteiger partial charge in [0.25, 0.3) is 7.14 Å². The van der Waals surface area contributed by atoms with E-state index in [9.17, 15) is 9.59 Å². The molecule has 0 heterocycles. The van der Waals surface area contributed by atoms with Crippen molar-refractivity contribution in [3.63, 3.8) is 0 Å². The summed E-state index contributed by atoms with van der Waals surface area (Å²) in [7, 11) is -4.75. The van der Waals surface area contributed by atoms with E-state index in [1.54, 1.807) is 24.3 Å². The maximum Gasteiger partial charge on any atom is 0.252 e. The van der Waals surface area contributed by atoms with Gasteiger partial charge >= 0.3 is 0 Å². The van der Waals surface area contributed by atoms with Gasteiger partial charge in [0.2, 0.25) is 11.0 Å². The van der Waals surface area contributed by atoms with Crippen molar-refractivity contribution in [1.82, 2.24) is 0 Å². The van der Waals surface area contributed by atoms with Gasteiger partial charge < -0.3 is 14.0 Å². The van der Waals surface area contributed by atoms with Crippen molar-refractivity contribution in [2.45, 2.75) is 52.4 Å². The summed E-state index contributed by atoms with van der Waals surface area (Å²) in [6.45, 7) is 4.91. The zero-order valence-corrected chi connectivity index (χ0v) is 26.3. The number of hydrogen-bond donors (Lipinski definition) is 0. The Morgan fingerprint density at radius 3 is 1.57 bits per heavy atom. The molecule has 0 aromatic heterocycles. The fourth-order valence-electron chi connectivity index (χ4n) is 4.07. The van der Waals surface area contributed by atoms with Gasteiger partial charge in [0.1, 0.15) is 11.5 Å². The van der Waals surface area contributed by atoms with Gasteiger partial charge in [-0.25, -0.2) is 0 Å². The topological polar surface area (TPSA) is 69.7 Å². The summed E-state index contributed by atoms with van der Waals surface area (Å²) < 4.78 is 27.0. The molecule has 0 atom stereocenters. The van der Waals surface area contributed by atoms with Crippen molar-refractivity contribution in [3.05, 3.63) is 85.8 Å². The quantitative estimate of drug-likeness (QED) is 0.122. The van der Waals surface area contributed by atoms with Crippen molar-refractivity contribution in [1.29, 1.82) is 0 Å². The van der Waals surface area contributed by atoms with Gasteiger partial charge in [-0.05, 0) is 49.2 Å². The number of carbonyl (C=O) groups is 2. The summed E-state index contributed by atoms with van der Waals surface area (Å²) in [5, 5.41) is -0.282. The second-order valence-electron chi connectivity index (χ2n) is 9.15. The van der Waals surface area contributed by atoms with Crippen molar-refractivity contribution in [2.75, 3.05) is 13.2 Å². The zero-order chi connectivity index (χ0) is 29.3. The summed E-state index contributed by atoms with van der Waals surface area (Å²) in [4.78, 5) is 28.4. The van der Waals surface area contributed by atoms with Crippen LogP contribution in [0.2, 0.25) is 20.1 Å². The molecule has 0 amide bonds. The molecule has 40 heavy (non-hydrogen) atoms. The molecule has 214 valence electrons. The van der Waals surface area contributed by atoms with Crippen LogP contribution in [0, 0.1) is 0 Å². The summed E-state index contributed by atoms with van der Waals surface area (Å²) in [6, 6.07) is 13.4. The Hall–Kier alpha value is -2.01. The van der Waals surface area contributed by atoms with Crippen molar-refractivity contribution in [2.24, 2.45) is 0 Å². The van der Waals surface area contributed by atoms with Crippen LogP contribution in [0.1, 0.15) is 73.1 Å². The van der Waals surface area contributed by atoms with Gasteiger partial charge in [-0.1, -0.05) is 98.1 Å². The van der Waals surface area contributed by atoms with E-state index in [4.69, 9.17) is 55.9 Å². The molecule has 0 bridgehead atoms. The molecule has 0 spiro atoms. The molecular formula is C30H31Cl4O5P. The number of benzene rings is 3. The molecule has 0 N–H and O–H groups in total. The van der Waals surface area contributed by atoms with E-state index in [2.05, 4.69) is 13.8 Å². The average molecular weight is 644 g/mol. The molecule has 0 aliphatic heterocycles. The second kappa shape index (κ2) is 15.3. The van der Waals surface area contributed by atoms with E-state index in [1.165, 1.54) is 30.3 Å². The Bertz CT molecular complexity index is 1300. The highest BCUT2D eigenvalue weighted by molar-refractivity contribution is 8.01. The van der Waals surface area contributed by atoms with Gasteiger partial charge in [-0.2, -0.15) is 0 Å². The van der Waals surface area contributed by atoms with E-state index >= 15 is 4.57 Å². The Morgan fingerprint density at radius 1 is 0.675 bits per heavy atom. The molecule has 0 unspecified atom stereocenters. The highest BCUT2D eigenvalue weighted by Gasteiger charge is 2.47. The highest BCUT2D eigenvalue weighted by Crippen LogP contribution is 2.56. The standard InChI is InChI=1S/C30H31Cl4O5P/c1-3-5-7-17-38-20-15-16-26(25(19-20)39-18-8-6-4-2)40(37,29(35)27-21(31)11-9-12-22(27)32)30(36)28-23(33)13-10-14-24(28)34/h9-16,19H,3-8,17-18H2,1-2H3. The minimum absolute atomic E-state index is 0.0444. The third-order valence-corrected chi connectivity index (χ3v) is 10.1. The van der Waals surface area contributed by atoms with Gasteiger partial charge in [0.05, 0.1) is 49.7 Å². The lowest BCUT2D eigenvalue weighted by Crippen LogP contribution is -2.23.